The van der Waals surface area contributed by atoms with E-state index in [0.29, 0.717) is 6.07 Å². The summed E-state index contributed by atoms with van der Waals surface area (Å²) in [7, 11) is -5.30. The molecule has 84 valence electrons. The third kappa shape index (κ3) is 3.78. The van der Waals surface area contributed by atoms with Crippen LogP contribution < -0.4 is 9.65 Å². The molecule has 3 nitrogen and oxygen atoms in total. The molecule has 15 heavy (non-hydrogen) atoms. The molecule has 0 radical (unpaired) electrons. The fourth-order valence-electron chi connectivity index (χ4n) is 0.885. The van der Waals surface area contributed by atoms with Gasteiger partial charge in [-0.15, -0.1) is 5.46 Å². The van der Waals surface area contributed by atoms with Crippen LogP contribution in [0.15, 0.2) is 24.3 Å². The lowest BCUT2D eigenvalue weighted by atomic mass is 9.80. The number of rotatable bonds is 3. The molecule has 0 amide bonds. The van der Waals surface area contributed by atoms with Crippen molar-refractivity contribution in [1.29, 1.82) is 0 Å². The largest absolute Gasteiger partial charge is 0.509 e. The van der Waals surface area contributed by atoms with Gasteiger partial charge in [-0.1, -0.05) is 16.0 Å². The second kappa shape index (κ2) is 3.72. The van der Waals surface area contributed by atoms with Gasteiger partial charge >= 0.3 is 17.5 Å². The number of halogens is 4. The van der Waals surface area contributed by atoms with Crippen LogP contribution in [0.2, 0.25) is 0 Å². The predicted molar refractivity (Wildman–Crippen MR) is 45.8 cm³/mol. The second-order valence-electron chi connectivity index (χ2n) is 2.62. The van der Waals surface area contributed by atoms with Gasteiger partial charge in [0.25, 0.3) is 0 Å². The summed E-state index contributed by atoms with van der Waals surface area (Å²) in [6.45, 7) is -5.27. The minimum Gasteiger partial charge on any atom is -0.445 e. The first-order chi connectivity index (χ1) is 6.68. The Labute approximate surface area is 83.1 Å². The van der Waals surface area contributed by atoms with Gasteiger partial charge in [0, 0.05) is 0 Å². The molecule has 0 aliphatic carbocycles. The molecule has 0 bridgehead atoms. The van der Waals surface area contributed by atoms with Crippen molar-refractivity contribution in [2.45, 2.75) is 0 Å². The SMILES string of the molecule is O=S(=O)(F)Oc1cccc([B-](F)(F)F)c1. The predicted octanol–water partition coefficient (Wildman–Crippen LogP) is 1.33. The maximum atomic E-state index is 12.2. The second-order valence-corrected chi connectivity index (χ2v) is 3.58. The van der Waals surface area contributed by atoms with Crippen LogP contribution in [0.1, 0.15) is 0 Å². The van der Waals surface area contributed by atoms with Gasteiger partial charge < -0.3 is 17.1 Å². The van der Waals surface area contributed by atoms with Crippen LogP contribution in [0.4, 0.5) is 16.8 Å². The summed E-state index contributed by atoms with van der Waals surface area (Å²) in [6, 6.07) is 2.97. The third-order valence-corrected chi connectivity index (χ3v) is 1.82. The van der Waals surface area contributed by atoms with Crippen LogP contribution in [0.25, 0.3) is 0 Å². The van der Waals surface area contributed by atoms with Crippen molar-refractivity contribution >= 4 is 22.9 Å². The number of hydrogen-bond acceptors (Lipinski definition) is 3. The molecule has 0 saturated carbocycles. The van der Waals surface area contributed by atoms with E-state index in [1.54, 1.807) is 0 Å². The standard InChI is InChI=1S/C6H4BF4O3S/c8-7(9,10)5-2-1-3-6(4-5)14-15(11,12)13/h1-4H/q-1. The average molecular weight is 243 g/mol. The summed E-state index contributed by atoms with van der Waals surface area (Å²) >= 11 is 0. The van der Waals surface area contributed by atoms with E-state index in [9.17, 15) is 25.3 Å². The fourth-order valence-corrected chi connectivity index (χ4v) is 1.22. The minimum absolute atomic E-state index is 0.414. The van der Waals surface area contributed by atoms with E-state index in [1.807, 2.05) is 0 Å². The summed E-state index contributed by atoms with van der Waals surface area (Å²) in [5.41, 5.74) is -1.06. The quantitative estimate of drug-likeness (QED) is 0.457. The molecule has 0 aliphatic heterocycles. The Morgan fingerprint density at radius 2 is 1.80 bits per heavy atom. The first-order valence-corrected chi connectivity index (χ1v) is 4.93. The Bertz CT molecular complexity index is 456. The van der Waals surface area contributed by atoms with Crippen molar-refractivity contribution in [3.63, 3.8) is 0 Å². The molecule has 1 aromatic carbocycles. The molecule has 0 fully saturated rings. The Morgan fingerprint density at radius 3 is 2.27 bits per heavy atom. The first kappa shape index (κ1) is 11.8. The van der Waals surface area contributed by atoms with Crippen LogP contribution in [-0.2, 0) is 10.5 Å². The van der Waals surface area contributed by atoms with Crippen molar-refractivity contribution in [2.24, 2.45) is 0 Å². The van der Waals surface area contributed by atoms with E-state index in [0.717, 1.165) is 18.2 Å². The highest BCUT2D eigenvalue weighted by atomic mass is 32.3. The zero-order chi connectivity index (χ0) is 11.7. The summed E-state index contributed by atoms with van der Waals surface area (Å²) in [5, 5.41) is 0. The van der Waals surface area contributed by atoms with Crippen LogP contribution in [0, 0.1) is 0 Å². The molecule has 0 aromatic heterocycles. The zero-order valence-corrected chi connectivity index (χ0v) is 7.85. The Hall–Kier alpha value is -1.25. The maximum absolute atomic E-state index is 12.2. The smallest absolute Gasteiger partial charge is 0.445 e. The zero-order valence-electron chi connectivity index (χ0n) is 7.03. The fraction of sp³-hybridized carbons (Fsp3) is 0. The van der Waals surface area contributed by atoms with Gasteiger partial charge in [-0.3, -0.25) is 0 Å². The van der Waals surface area contributed by atoms with E-state index >= 15 is 0 Å². The van der Waals surface area contributed by atoms with E-state index in [-0.39, 0.29) is 0 Å². The number of benzene rings is 1. The van der Waals surface area contributed by atoms with Gasteiger partial charge in [0.05, 0.1) is 0 Å². The van der Waals surface area contributed by atoms with Crippen LogP contribution in [0.5, 0.6) is 5.75 Å². The highest BCUT2D eigenvalue weighted by Crippen LogP contribution is 2.16. The molecule has 0 saturated heterocycles. The molecule has 1 rings (SSSR count). The van der Waals surface area contributed by atoms with Gasteiger partial charge in [0.15, 0.2) is 0 Å². The van der Waals surface area contributed by atoms with Crippen molar-refractivity contribution < 1.29 is 29.4 Å². The topological polar surface area (TPSA) is 43.4 Å². The van der Waals surface area contributed by atoms with Gasteiger partial charge in [-0.05, 0) is 12.1 Å². The Morgan fingerprint density at radius 1 is 1.20 bits per heavy atom. The summed E-state index contributed by atoms with van der Waals surface area (Å²) < 4.78 is 72.1. The van der Waals surface area contributed by atoms with Crippen molar-refractivity contribution in [2.75, 3.05) is 0 Å². The van der Waals surface area contributed by atoms with E-state index in [4.69, 9.17) is 0 Å². The van der Waals surface area contributed by atoms with Gasteiger partial charge in [-0.25, -0.2) is 0 Å². The van der Waals surface area contributed by atoms with Gasteiger partial charge in [-0.2, -0.15) is 8.42 Å². The maximum Gasteiger partial charge on any atom is 0.509 e. The Balaban J connectivity index is 3.04. The molecule has 0 aliphatic rings. The van der Waals surface area contributed by atoms with Crippen molar-refractivity contribution in [3.8, 4) is 5.75 Å². The van der Waals surface area contributed by atoms with Crippen molar-refractivity contribution in [1.82, 2.24) is 0 Å². The lowest BCUT2D eigenvalue weighted by Gasteiger charge is -2.14. The van der Waals surface area contributed by atoms with E-state index < -0.39 is 28.7 Å². The van der Waals surface area contributed by atoms with E-state index in [2.05, 4.69) is 4.18 Å². The Kier molecular flexibility index (Phi) is 2.94. The molecule has 0 heterocycles. The average Bonchev–Trinajstić information content (AvgIpc) is 1.99. The molecule has 0 atom stereocenters. The summed E-state index contributed by atoms with van der Waals surface area (Å²) in [4.78, 5) is 0. The molecular formula is C6H4BF4O3S-. The highest BCUT2D eigenvalue weighted by molar-refractivity contribution is 7.81. The number of hydrogen-bond donors (Lipinski definition) is 0. The molecule has 9 heteroatoms. The third-order valence-electron chi connectivity index (χ3n) is 1.43. The van der Waals surface area contributed by atoms with E-state index in [1.165, 1.54) is 0 Å². The molecular weight excluding hydrogens is 239 g/mol. The van der Waals surface area contributed by atoms with Gasteiger partial charge in [0.1, 0.15) is 5.75 Å². The molecule has 0 N–H and O–H groups in total. The molecule has 0 spiro atoms. The normalized spacial score (nSPS) is 12.5. The lowest BCUT2D eigenvalue weighted by Crippen LogP contribution is -2.33. The van der Waals surface area contributed by atoms with Crippen LogP contribution in [-0.4, -0.2) is 15.4 Å². The minimum atomic E-state index is -5.30. The lowest BCUT2D eigenvalue weighted by molar-refractivity contribution is 0.439. The van der Waals surface area contributed by atoms with Gasteiger partial charge in [0.2, 0.25) is 0 Å². The summed E-state index contributed by atoms with van der Waals surface area (Å²) in [6.07, 6.45) is 0. The summed E-state index contributed by atoms with van der Waals surface area (Å²) in [5.74, 6) is -0.714. The van der Waals surface area contributed by atoms with Crippen LogP contribution >= 0.6 is 0 Å². The molecule has 1 aromatic rings. The van der Waals surface area contributed by atoms with Crippen LogP contribution in [0.3, 0.4) is 0 Å². The van der Waals surface area contributed by atoms with Crippen molar-refractivity contribution in [3.05, 3.63) is 24.3 Å². The monoisotopic (exact) mass is 243 g/mol. The molecule has 0 unspecified atom stereocenters. The first-order valence-electron chi connectivity index (χ1n) is 3.62. The highest BCUT2D eigenvalue weighted by Gasteiger charge is 2.26.